The molecule has 0 radical (unpaired) electrons. The smallest absolute Gasteiger partial charge is 0.216 e. The minimum Gasteiger partial charge on any atom is -0.491 e. The molecule has 1 heterocycles. The van der Waals surface area contributed by atoms with Crippen LogP contribution in [0.5, 0.6) is 5.75 Å². The Morgan fingerprint density at radius 1 is 1.46 bits per heavy atom. The molecule has 0 aliphatic carbocycles. The molecule has 2 unspecified atom stereocenters. The number of benzene rings is 1. The molecule has 24 heavy (non-hydrogen) atoms. The standard InChI is InChI=1S/C19H30N2O3/c1-14-6-7-19(15(2)9-14)24-13-18(23)12-21-8-4-5-17(11-21)10-20-16(3)22/h6-7,9,17-18,23H,4-5,8,10-13H2,1-3H3,(H,20,22). The molecule has 0 aromatic heterocycles. The Morgan fingerprint density at radius 2 is 2.25 bits per heavy atom. The van der Waals surface area contributed by atoms with Crippen molar-refractivity contribution < 1.29 is 14.6 Å². The van der Waals surface area contributed by atoms with Gasteiger partial charge in [0.15, 0.2) is 0 Å². The first-order chi connectivity index (χ1) is 11.4. The van der Waals surface area contributed by atoms with Gasteiger partial charge >= 0.3 is 0 Å². The zero-order chi connectivity index (χ0) is 17.5. The number of hydrogen-bond acceptors (Lipinski definition) is 4. The van der Waals surface area contributed by atoms with Gasteiger partial charge in [0.05, 0.1) is 0 Å². The molecule has 0 spiro atoms. The van der Waals surface area contributed by atoms with Gasteiger partial charge in [0.2, 0.25) is 5.91 Å². The summed E-state index contributed by atoms with van der Waals surface area (Å²) in [6, 6.07) is 6.06. The van der Waals surface area contributed by atoms with E-state index in [1.165, 1.54) is 5.56 Å². The zero-order valence-electron chi connectivity index (χ0n) is 15.0. The van der Waals surface area contributed by atoms with Crippen LogP contribution in [-0.4, -0.2) is 54.8 Å². The lowest BCUT2D eigenvalue weighted by atomic mass is 9.97. The summed E-state index contributed by atoms with van der Waals surface area (Å²) in [6.45, 7) is 9.18. The van der Waals surface area contributed by atoms with Crippen molar-refractivity contribution in [2.45, 2.75) is 39.7 Å². The number of rotatable bonds is 7. The van der Waals surface area contributed by atoms with E-state index in [9.17, 15) is 9.90 Å². The molecule has 134 valence electrons. The summed E-state index contributed by atoms with van der Waals surface area (Å²) in [4.78, 5) is 13.3. The van der Waals surface area contributed by atoms with E-state index >= 15 is 0 Å². The summed E-state index contributed by atoms with van der Waals surface area (Å²) < 4.78 is 5.77. The lowest BCUT2D eigenvalue weighted by molar-refractivity contribution is -0.119. The molecule has 1 aliphatic heterocycles. The van der Waals surface area contributed by atoms with Crippen molar-refractivity contribution in [3.8, 4) is 5.75 Å². The molecule has 1 saturated heterocycles. The van der Waals surface area contributed by atoms with E-state index in [2.05, 4.69) is 23.2 Å². The van der Waals surface area contributed by atoms with E-state index in [1.807, 2.05) is 19.1 Å². The molecule has 1 aliphatic rings. The number of aliphatic hydroxyl groups is 1. The maximum Gasteiger partial charge on any atom is 0.216 e. The summed E-state index contributed by atoms with van der Waals surface area (Å²) in [6.07, 6.45) is 1.73. The Labute approximate surface area is 145 Å². The number of aliphatic hydroxyl groups excluding tert-OH is 1. The van der Waals surface area contributed by atoms with Crippen molar-refractivity contribution in [2.24, 2.45) is 5.92 Å². The lowest BCUT2D eigenvalue weighted by Crippen LogP contribution is -2.44. The predicted octanol–water partition coefficient (Wildman–Crippen LogP) is 1.89. The number of β-amino-alcohol motifs (C(OH)–C–C–N with tert-alkyl or cyclic N) is 1. The summed E-state index contributed by atoms with van der Waals surface area (Å²) in [5.74, 6) is 1.32. The van der Waals surface area contributed by atoms with E-state index < -0.39 is 6.10 Å². The Kier molecular flexibility index (Phi) is 7.06. The van der Waals surface area contributed by atoms with E-state index in [4.69, 9.17) is 4.74 Å². The van der Waals surface area contributed by atoms with Crippen LogP contribution in [-0.2, 0) is 4.79 Å². The van der Waals surface area contributed by atoms with E-state index in [0.29, 0.717) is 19.1 Å². The van der Waals surface area contributed by atoms with Crippen LogP contribution in [0, 0.1) is 19.8 Å². The van der Waals surface area contributed by atoms with E-state index in [0.717, 1.165) is 43.8 Å². The highest BCUT2D eigenvalue weighted by atomic mass is 16.5. The second kappa shape index (κ2) is 9.04. The number of amides is 1. The number of hydrogen-bond donors (Lipinski definition) is 2. The number of aryl methyl sites for hydroxylation is 2. The number of piperidine rings is 1. The number of likely N-dealkylation sites (tertiary alicyclic amines) is 1. The highest BCUT2D eigenvalue weighted by Crippen LogP contribution is 2.19. The number of carbonyl (C=O) groups is 1. The zero-order valence-corrected chi connectivity index (χ0v) is 15.0. The molecule has 0 bridgehead atoms. The average Bonchev–Trinajstić information content (AvgIpc) is 2.52. The molecule has 5 heteroatoms. The van der Waals surface area contributed by atoms with Gasteiger partial charge in [-0.25, -0.2) is 0 Å². The fourth-order valence-electron chi connectivity index (χ4n) is 3.27. The second-order valence-electron chi connectivity index (χ2n) is 6.94. The minimum absolute atomic E-state index is 0.0222. The van der Waals surface area contributed by atoms with Crippen LogP contribution >= 0.6 is 0 Å². The first-order valence-electron chi connectivity index (χ1n) is 8.79. The summed E-state index contributed by atoms with van der Waals surface area (Å²) in [5, 5.41) is 13.2. The summed E-state index contributed by atoms with van der Waals surface area (Å²) in [5.41, 5.74) is 2.30. The van der Waals surface area contributed by atoms with E-state index in [-0.39, 0.29) is 5.91 Å². The van der Waals surface area contributed by atoms with Crippen LogP contribution in [0.1, 0.15) is 30.9 Å². The largest absolute Gasteiger partial charge is 0.491 e. The molecule has 1 aromatic carbocycles. The maximum absolute atomic E-state index is 11.0. The average molecular weight is 334 g/mol. The lowest BCUT2D eigenvalue weighted by Gasteiger charge is -2.33. The molecule has 5 nitrogen and oxygen atoms in total. The number of carbonyl (C=O) groups excluding carboxylic acids is 1. The molecule has 1 aromatic rings. The fraction of sp³-hybridized carbons (Fsp3) is 0.632. The van der Waals surface area contributed by atoms with Crippen LogP contribution in [0.4, 0.5) is 0 Å². The normalized spacial score (nSPS) is 19.8. The van der Waals surface area contributed by atoms with Crippen LogP contribution in [0.25, 0.3) is 0 Å². The Bertz CT molecular complexity index is 547. The van der Waals surface area contributed by atoms with Crippen molar-refractivity contribution >= 4 is 5.91 Å². The highest BCUT2D eigenvalue weighted by molar-refractivity contribution is 5.72. The van der Waals surface area contributed by atoms with Gasteiger partial charge in [-0.3, -0.25) is 4.79 Å². The molecule has 2 N–H and O–H groups in total. The van der Waals surface area contributed by atoms with Gasteiger partial charge < -0.3 is 20.1 Å². The Balaban J connectivity index is 1.75. The summed E-state index contributed by atoms with van der Waals surface area (Å²) in [7, 11) is 0. The van der Waals surface area contributed by atoms with Crippen molar-refractivity contribution in [3.05, 3.63) is 29.3 Å². The molecule has 1 amide bonds. The first kappa shape index (κ1) is 18.7. The SMILES string of the molecule is CC(=O)NCC1CCCN(CC(O)COc2ccc(C)cc2C)C1. The van der Waals surface area contributed by atoms with Gasteiger partial charge in [0, 0.05) is 26.6 Å². The minimum atomic E-state index is -0.509. The predicted molar refractivity (Wildman–Crippen MR) is 95.3 cm³/mol. The second-order valence-corrected chi connectivity index (χ2v) is 6.94. The van der Waals surface area contributed by atoms with Crippen molar-refractivity contribution in [3.63, 3.8) is 0 Å². The molecule has 2 rings (SSSR count). The third kappa shape index (κ3) is 6.13. The molecular weight excluding hydrogens is 304 g/mol. The van der Waals surface area contributed by atoms with Gasteiger partial charge in [-0.1, -0.05) is 17.7 Å². The number of nitrogens with zero attached hydrogens (tertiary/aromatic N) is 1. The number of nitrogens with one attached hydrogen (secondary N) is 1. The van der Waals surface area contributed by atoms with Crippen LogP contribution in [0.2, 0.25) is 0 Å². The molecular formula is C19H30N2O3. The Morgan fingerprint density at radius 3 is 2.96 bits per heavy atom. The van der Waals surface area contributed by atoms with E-state index in [1.54, 1.807) is 6.92 Å². The maximum atomic E-state index is 11.0. The van der Waals surface area contributed by atoms with Gasteiger partial charge in [-0.05, 0) is 50.8 Å². The van der Waals surface area contributed by atoms with Gasteiger partial charge in [-0.15, -0.1) is 0 Å². The van der Waals surface area contributed by atoms with Crippen molar-refractivity contribution in [1.29, 1.82) is 0 Å². The number of ether oxygens (including phenoxy) is 1. The highest BCUT2D eigenvalue weighted by Gasteiger charge is 2.22. The third-order valence-electron chi connectivity index (χ3n) is 4.47. The Hall–Kier alpha value is -1.59. The summed E-state index contributed by atoms with van der Waals surface area (Å²) >= 11 is 0. The van der Waals surface area contributed by atoms with Crippen LogP contribution in [0.3, 0.4) is 0 Å². The van der Waals surface area contributed by atoms with Crippen molar-refractivity contribution in [2.75, 3.05) is 32.8 Å². The molecule has 0 saturated carbocycles. The van der Waals surface area contributed by atoms with Gasteiger partial charge in [-0.2, -0.15) is 0 Å². The fourth-order valence-corrected chi connectivity index (χ4v) is 3.27. The molecule has 2 atom stereocenters. The van der Waals surface area contributed by atoms with Crippen LogP contribution < -0.4 is 10.1 Å². The quantitative estimate of drug-likeness (QED) is 0.799. The van der Waals surface area contributed by atoms with Gasteiger partial charge in [0.25, 0.3) is 0 Å². The molecule has 1 fully saturated rings. The first-order valence-corrected chi connectivity index (χ1v) is 8.79. The van der Waals surface area contributed by atoms with Crippen molar-refractivity contribution in [1.82, 2.24) is 10.2 Å². The third-order valence-corrected chi connectivity index (χ3v) is 4.47. The topological polar surface area (TPSA) is 61.8 Å². The van der Waals surface area contributed by atoms with Crippen LogP contribution in [0.15, 0.2) is 18.2 Å². The monoisotopic (exact) mass is 334 g/mol. The van der Waals surface area contributed by atoms with Gasteiger partial charge in [0.1, 0.15) is 18.5 Å².